The van der Waals surface area contributed by atoms with E-state index < -0.39 is 12.1 Å². The fraction of sp³-hybridized carbons (Fsp3) is 0.385. The minimum Gasteiger partial charge on any atom is -0.494 e. The van der Waals surface area contributed by atoms with E-state index in [2.05, 4.69) is 17.0 Å². The zero-order valence-corrected chi connectivity index (χ0v) is 21.1. The predicted octanol–water partition coefficient (Wildman–Crippen LogP) is 3.84. The number of aliphatic carboxylic acids is 1. The summed E-state index contributed by atoms with van der Waals surface area (Å²) in [7, 11) is 1.60. The highest BCUT2D eigenvalue weighted by Crippen LogP contribution is 2.41. The van der Waals surface area contributed by atoms with Gasteiger partial charge in [-0.1, -0.05) is 23.7 Å². The number of carboxylic acids is 1. The molecule has 1 N–H and O–H groups in total. The van der Waals surface area contributed by atoms with E-state index in [4.69, 9.17) is 26.2 Å². The number of hydrogen-bond acceptors (Lipinski definition) is 7. The number of rotatable bonds is 6. The summed E-state index contributed by atoms with van der Waals surface area (Å²) in [4.78, 5) is 17.4. The van der Waals surface area contributed by atoms with Gasteiger partial charge in [-0.3, -0.25) is 4.79 Å². The van der Waals surface area contributed by atoms with Gasteiger partial charge in [-0.15, -0.1) is 5.10 Å². The first-order chi connectivity index (χ1) is 17.9. The Balaban J connectivity index is 1.38. The maximum atomic E-state index is 14.0. The van der Waals surface area contributed by atoms with Crippen molar-refractivity contribution >= 4 is 34.2 Å². The number of ether oxygens (including phenoxy) is 2. The number of hydrogen-bond donors (Lipinski definition) is 1. The fourth-order valence-corrected chi connectivity index (χ4v) is 5.68. The molecule has 3 aliphatic heterocycles. The Hall–Kier alpha value is -3.50. The maximum absolute atomic E-state index is 14.0. The third-order valence-corrected chi connectivity index (χ3v) is 7.49. The molecular formula is C26H27ClFN5O4. The number of carbonyl (C=O) groups is 1. The average molecular weight is 528 g/mol. The molecule has 0 amide bonds. The SMILES string of the molecule is COc1c(-c2ccc(N3CCOCC3)cc2)cc(Cl)c2cn(N3CN4C[C@H](F)CC4=C3CC(=O)O)nc12. The average Bonchev–Trinajstić information content (AvgIpc) is 3.58. The normalized spacial score (nSPS) is 19.8. The first kappa shape index (κ1) is 23.9. The standard InChI is InChI=1S/C26H27ClFN5O4/c1-36-26-19(16-2-4-18(5-3-16)30-6-8-37-9-7-30)11-21(27)20-14-33(29-25(20)26)32-15-31-13-17(28)10-22(31)23(32)12-24(34)35/h2-5,11,14,17H,6-10,12-13,15H2,1H3,(H,34,35)/t17-/m1/s1. The second kappa shape index (κ2) is 9.42. The monoisotopic (exact) mass is 527 g/mol. The number of methoxy groups -OCH3 is 1. The van der Waals surface area contributed by atoms with Crippen LogP contribution in [0.1, 0.15) is 12.8 Å². The van der Waals surface area contributed by atoms with Crippen molar-refractivity contribution < 1.29 is 23.8 Å². The molecule has 9 nitrogen and oxygen atoms in total. The summed E-state index contributed by atoms with van der Waals surface area (Å²) in [6, 6.07) is 10.1. The van der Waals surface area contributed by atoms with E-state index in [-0.39, 0.29) is 19.4 Å². The largest absolute Gasteiger partial charge is 0.494 e. The van der Waals surface area contributed by atoms with Crippen LogP contribution in [0.5, 0.6) is 5.75 Å². The molecule has 0 saturated carbocycles. The van der Waals surface area contributed by atoms with Crippen molar-refractivity contribution in [3.05, 3.63) is 52.9 Å². The third-order valence-electron chi connectivity index (χ3n) is 7.18. The fourth-order valence-electron chi connectivity index (χ4n) is 5.44. The molecular weight excluding hydrogens is 501 g/mol. The second-order valence-corrected chi connectivity index (χ2v) is 9.83. The number of alkyl halides is 1. The molecule has 11 heteroatoms. The molecule has 2 saturated heterocycles. The molecule has 3 aromatic rings. The molecule has 4 heterocycles. The van der Waals surface area contributed by atoms with E-state index in [1.54, 1.807) is 23.1 Å². The summed E-state index contributed by atoms with van der Waals surface area (Å²) in [6.45, 7) is 3.72. The van der Waals surface area contributed by atoms with Gasteiger partial charge in [-0.25, -0.2) is 9.40 Å². The summed E-state index contributed by atoms with van der Waals surface area (Å²) in [6.07, 6.45) is 0.752. The molecule has 0 unspecified atom stereocenters. The molecule has 1 aromatic heterocycles. The predicted molar refractivity (Wildman–Crippen MR) is 138 cm³/mol. The van der Waals surface area contributed by atoms with E-state index in [1.807, 2.05) is 23.1 Å². The minimum absolute atomic E-state index is 0.203. The Morgan fingerprint density at radius 2 is 2.00 bits per heavy atom. The molecule has 194 valence electrons. The number of allylic oxidation sites excluding steroid dienone is 1. The van der Waals surface area contributed by atoms with Crippen LogP contribution in [0.25, 0.3) is 22.0 Å². The highest BCUT2D eigenvalue weighted by molar-refractivity contribution is 6.36. The van der Waals surface area contributed by atoms with Crippen molar-refractivity contribution in [2.75, 3.05) is 56.5 Å². The van der Waals surface area contributed by atoms with Gasteiger partial charge in [-0.2, -0.15) is 4.79 Å². The number of carboxylic acid groups (broad SMARTS) is 1. The molecule has 0 aliphatic carbocycles. The molecule has 1 atom stereocenters. The van der Waals surface area contributed by atoms with Gasteiger partial charge < -0.3 is 24.4 Å². The van der Waals surface area contributed by atoms with Crippen molar-refractivity contribution in [3.8, 4) is 16.9 Å². The van der Waals surface area contributed by atoms with Crippen LogP contribution >= 0.6 is 11.6 Å². The molecule has 37 heavy (non-hydrogen) atoms. The molecule has 0 spiro atoms. The number of fused-ring (bicyclic) bond motifs is 2. The van der Waals surface area contributed by atoms with Crippen molar-refractivity contribution in [1.82, 2.24) is 14.8 Å². The van der Waals surface area contributed by atoms with Gasteiger partial charge in [-0.05, 0) is 23.8 Å². The number of halogens is 2. The van der Waals surface area contributed by atoms with Crippen LogP contribution in [0.15, 0.2) is 47.9 Å². The van der Waals surface area contributed by atoms with Crippen LogP contribution in [0.3, 0.4) is 0 Å². The van der Waals surface area contributed by atoms with Crippen molar-refractivity contribution in [1.29, 1.82) is 0 Å². The second-order valence-electron chi connectivity index (χ2n) is 9.43. The smallest absolute Gasteiger partial charge is 0.309 e. The van der Waals surface area contributed by atoms with Crippen LogP contribution < -0.4 is 14.6 Å². The summed E-state index contributed by atoms with van der Waals surface area (Å²) < 4.78 is 25.3. The van der Waals surface area contributed by atoms with Crippen molar-refractivity contribution in [2.45, 2.75) is 19.0 Å². The Labute approximate surface area is 218 Å². The number of anilines is 1. The van der Waals surface area contributed by atoms with Crippen LogP contribution in [-0.4, -0.2) is 78.7 Å². The first-order valence-electron chi connectivity index (χ1n) is 12.2. The lowest BCUT2D eigenvalue weighted by Gasteiger charge is -2.29. The lowest BCUT2D eigenvalue weighted by molar-refractivity contribution is -0.136. The van der Waals surface area contributed by atoms with Crippen LogP contribution in [0.4, 0.5) is 10.1 Å². The summed E-state index contributed by atoms with van der Waals surface area (Å²) in [5.74, 6) is -0.403. The Morgan fingerprint density at radius 1 is 1.24 bits per heavy atom. The molecule has 3 aliphatic rings. The summed E-state index contributed by atoms with van der Waals surface area (Å²) in [5, 5.41) is 17.2. The van der Waals surface area contributed by atoms with Gasteiger partial charge >= 0.3 is 5.97 Å². The van der Waals surface area contributed by atoms with E-state index in [0.717, 1.165) is 43.1 Å². The van der Waals surface area contributed by atoms with Crippen LogP contribution in [-0.2, 0) is 9.53 Å². The Morgan fingerprint density at radius 3 is 2.70 bits per heavy atom. The Bertz CT molecular complexity index is 1390. The maximum Gasteiger partial charge on any atom is 0.309 e. The quantitative estimate of drug-likeness (QED) is 0.518. The van der Waals surface area contributed by atoms with Crippen LogP contribution in [0, 0.1) is 0 Å². The molecule has 2 aromatic carbocycles. The zero-order valence-electron chi connectivity index (χ0n) is 20.4. The highest BCUT2D eigenvalue weighted by Gasteiger charge is 2.39. The third kappa shape index (κ3) is 4.23. The van der Waals surface area contributed by atoms with Gasteiger partial charge in [0.2, 0.25) is 0 Å². The molecule has 0 radical (unpaired) electrons. The summed E-state index contributed by atoms with van der Waals surface area (Å²) >= 11 is 6.73. The van der Waals surface area contributed by atoms with Gasteiger partial charge in [0.15, 0.2) is 5.75 Å². The number of morpholine rings is 1. The minimum atomic E-state index is -0.996. The van der Waals surface area contributed by atoms with Crippen molar-refractivity contribution in [2.24, 2.45) is 0 Å². The van der Waals surface area contributed by atoms with E-state index in [9.17, 15) is 14.3 Å². The van der Waals surface area contributed by atoms with E-state index in [1.165, 1.54) is 0 Å². The molecule has 0 bridgehead atoms. The van der Waals surface area contributed by atoms with Crippen molar-refractivity contribution in [3.63, 3.8) is 0 Å². The van der Waals surface area contributed by atoms with E-state index >= 15 is 0 Å². The lowest BCUT2D eigenvalue weighted by atomic mass is 10.0. The molecule has 6 rings (SSSR count). The number of aromatic nitrogens is 2. The summed E-state index contributed by atoms with van der Waals surface area (Å²) in [5.41, 5.74) is 4.70. The highest BCUT2D eigenvalue weighted by atomic mass is 35.5. The van der Waals surface area contributed by atoms with E-state index in [0.29, 0.717) is 39.7 Å². The van der Waals surface area contributed by atoms with Gasteiger partial charge in [0.25, 0.3) is 0 Å². The zero-order chi connectivity index (χ0) is 25.7. The number of benzene rings is 2. The van der Waals surface area contributed by atoms with Gasteiger partial charge in [0, 0.05) is 41.8 Å². The molecule has 2 fully saturated rings. The van der Waals surface area contributed by atoms with Crippen LogP contribution in [0.2, 0.25) is 5.02 Å². The van der Waals surface area contributed by atoms with Gasteiger partial charge in [0.1, 0.15) is 18.4 Å². The van der Waals surface area contributed by atoms with Gasteiger partial charge in [0.05, 0.1) is 50.2 Å². The number of nitrogens with zero attached hydrogens (tertiary/aromatic N) is 5. The topological polar surface area (TPSA) is 83.3 Å². The lowest BCUT2D eigenvalue weighted by Crippen LogP contribution is -2.37. The first-order valence-corrected chi connectivity index (χ1v) is 12.6. The Kier molecular flexibility index (Phi) is 6.08.